The van der Waals surface area contributed by atoms with Gasteiger partial charge in [-0.2, -0.15) is 0 Å². The van der Waals surface area contributed by atoms with Gasteiger partial charge in [0, 0.05) is 13.1 Å². The van der Waals surface area contributed by atoms with Crippen LogP contribution in [-0.2, 0) is 4.79 Å². The van der Waals surface area contributed by atoms with Gasteiger partial charge < -0.3 is 10.0 Å². The number of hydrogen-bond donors (Lipinski definition) is 1. The van der Waals surface area contributed by atoms with E-state index in [4.69, 9.17) is 0 Å². The minimum absolute atomic E-state index is 0.0750. The van der Waals surface area contributed by atoms with Crippen molar-refractivity contribution in [3.05, 3.63) is 35.9 Å². The Kier molecular flexibility index (Phi) is 4.37. The number of hydrogen-bond acceptors (Lipinski definition) is 2. The van der Waals surface area contributed by atoms with Gasteiger partial charge >= 0.3 is 0 Å². The van der Waals surface area contributed by atoms with Crippen LogP contribution < -0.4 is 0 Å². The maximum Gasteiger partial charge on any atom is 0.228 e. The molecule has 1 saturated heterocycles. The Labute approximate surface area is 108 Å². The lowest BCUT2D eigenvalue weighted by molar-refractivity contribution is -0.139. The first-order valence-corrected chi connectivity index (χ1v) is 6.72. The van der Waals surface area contributed by atoms with Crippen molar-refractivity contribution in [2.75, 3.05) is 13.1 Å². The van der Waals surface area contributed by atoms with Crippen LogP contribution in [0, 0.1) is 5.92 Å². The Balaban J connectivity index is 2.01. The van der Waals surface area contributed by atoms with Gasteiger partial charge in [-0.1, -0.05) is 37.3 Å². The van der Waals surface area contributed by atoms with E-state index in [1.54, 1.807) is 0 Å². The second kappa shape index (κ2) is 6.01. The van der Waals surface area contributed by atoms with Crippen LogP contribution in [0.5, 0.6) is 0 Å². The lowest BCUT2D eigenvalue weighted by Crippen LogP contribution is -2.40. The predicted molar refractivity (Wildman–Crippen MR) is 71.0 cm³/mol. The topological polar surface area (TPSA) is 40.5 Å². The Bertz CT molecular complexity index is 385. The zero-order valence-electron chi connectivity index (χ0n) is 10.9. The monoisotopic (exact) mass is 247 g/mol. The number of nitrogens with zero attached hydrogens (tertiary/aromatic N) is 1. The van der Waals surface area contributed by atoms with Gasteiger partial charge in [-0.15, -0.1) is 0 Å². The van der Waals surface area contributed by atoms with Gasteiger partial charge in [0.25, 0.3) is 0 Å². The fraction of sp³-hybridized carbons (Fsp3) is 0.533. The summed E-state index contributed by atoms with van der Waals surface area (Å²) in [6.07, 6.45) is 2.67. The molecule has 1 aliphatic rings. The molecule has 0 aromatic heterocycles. The third-order valence-electron chi connectivity index (χ3n) is 3.67. The fourth-order valence-electron chi connectivity index (χ4n) is 2.48. The van der Waals surface area contributed by atoms with E-state index in [0.717, 1.165) is 31.5 Å². The van der Waals surface area contributed by atoms with Gasteiger partial charge in [-0.3, -0.25) is 4.79 Å². The van der Waals surface area contributed by atoms with Crippen LogP contribution in [0.4, 0.5) is 0 Å². The second-order valence-corrected chi connectivity index (χ2v) is 5.03. The highest BCUT2D eigenvalue weighted by Crippen LogP contribution is 2.24. The molecule has 2 atom stereocenters. The average molecular weight is 247 g/mol. The van der Waals surface area contributed by atoms with Crippen molar-refractivity contribution in [3.8, 4) is 0 Å². The molecule has 1 aliphatic heterocycles. The standard InChI is InChI=1S/C15H21NO2/c1-12(14(17)13-8-4-2-5-9-13)15(18)16-10-6-3-7-11-16/h2,4-5,8-9,12,14,17H,3,6-7,10-11H2,1H3/t12-,14-/m0/s1. The van der Waals surface area contributed by atoms with E-state index < -0.39 is 6.10 Å². The van der Waals surface area contributed by atoms with Gasteiger partial charge in [0.15, 0.2) is 0 Å². The van der Waals surface area contributed by atoms with Gasteiger partial charge in [0.1, 0.15) is 0 Å². The highest BCUT2D eigenvalue weighted by molar-refractivity contribution is 5.79. The van der Waals surface area contributed by atoms with Crippen molar-refractivity contribution < 1.29 is 9.90 Å². The second-order valence-electron chi connectivity index (χ2n) is 5.03. The number of carbonyl (C=O) groups is 1. The van der Waals surface area contributed by atoms with Gasteiger partial charge in [-0.05, 0) is 24.8 Å². The fourth-order valence-corrected chi connectivity index (χ4v) is 2.48. The van der Waals surface area contributed by atoms with E-state index in [1.807, 2.05) is 42.2 Å². The van der Waals surface area contributed by atoms with Crippen molar-refractivity contribution in [3.63, 3.8) is 0 Å². The zero-order chi connectivity index (χ0) is 13.0. The summed E-state index contributed by atoms with van der Waals surface area (Å²) in [6.45, 7) is 3.49. The number of carbonyl (C=O) groups excluding carboxylic acids is 1. The molecule has 2 rings (SSSR count). The normalized spacial score (nSPS) is 19.3. The van der Waals surface area contributed by atoms with Crippen LogP contribution in [-0.4, -0.2) is 29.0 Å². The molecular weight excluding hydrogens is 226 g/mol. The van der Waals surface area contributed by atoms with Crippen molar-refractivity contribution in [2.24, 2.45) is 5.92 Å². The third kappa shape index (κ3) is 2.91. The Morgan fingerprint density at radius 2 is 1.78 bits per heavy atom. The van der Waals surface area contributed by atoms with Crippen LogP contribution in [0.15, 0.2) is 30.3 Å². The van der Waals surface area contributed by atoms with E-state index >= 15 is 0 Å². The molecule has 0 spiro atoms. The molecule has 0 aliphatic carbocycles. The van der Waals surface area contributed by atoms with E-state index in [1.165, 1.54) is 6.42 Å². The van der Waals surface area contributed by atoms with Crippen molar-refractivity contribution in [2.45, 2.75) is 32.3 Å². The molecule has 3 heteroatoms. The van der Waals surface area contributed by atoms with Crippen LogP contribution in [0.2, 0.25) is 0 Å². The first-order chi connectivity index (χ1) is 8.70. The summed E-state index contributed by atoms with van der Waals surface area (Å²) in [5, 5.41) is 10.2. The van der Waals surface area contributed by atoms with E-state index in [-0.39, 0.29) is 11.8 Å². The summed E-state index contributed by atoms with van der Waals surface area (Å²) in [6, 6.07) is 9.41. The first-order valence-electron chi connectivity index (χ1n) is 6.72. The van der Waals surface area contributed by atoms with Gasteiger partial charge in [0.2, 0.25) is 5.91 Å². The summed E-state index contributed by atoms with van der Waals surface area (Å²) in [4.78, 5) is 14.2. The Morgan fingerprint density at radius 3 is 2.39 bits per heavy atom. The first kappa shape index (κ1) is 13.1. The Morgan fingerprint density at radius 1 is 1.17 bits per heavy atom. The van der Waals surface area contributed by atoms with Crippen LogP contribution in [0.25, 0.3) is 0 Å². The zero-order valence-corrected chi connectivity index (χ0v) is 10.9. The molecule has 3 nitrogen and oxygen atoms in total. The minimum atomic E-state index is -0.708. The van der Waals surface area contributed by atoms with E-state index in [9.17, 15) is 9.90 Å². The molecule has 0 bridgehead atoms. The molecule has 0 radical (unpaired) electrons. The summed E-state index contributed by atoms with van der Waals surface area (Å²) in [7, 11) is 0. The number of rotatable bonds is 3. The molecule has 18 heavy (non-hydrogen) atoms. The number of amides is 1. The molecule has 1 fully saturated rings. The third-order valence-corrected chi connectivity index (χ3v) is 3.67. The SMILES string of the molecule is C[C@H](C(=O)N1CCCCC1)[C@H](O)c1ccccc1. The highest BCUT2D eigenvalue weighted by Gasteiger charge is 2.28. The lowest BCUT2D eigenvalue weighted by atomic mass is 9.95. The van der Waals surface area contributed by atoms with Crippen molar-refractivity contribution >= 4 is 5.91 Å². The minimum Gasteiger partial charge on any atom is -0.388 e. The molecule has 1 aromatic carbocycles. The predicted octanol–water partition coefficient (Wildman–Crippen LogP) is 2.37. The summed E-state index contributed by atoms with van der Waals surface area (Å²) >= 11 is 0. The molecule has 1 aromatic rings. The van der Waals surface area contributed by atoms with Gasteiger partial charge in [-0.25, -0.2) is 0 Å². The van der Waals surface area contributed by atoms with Crippen LogP contribution in [0.1, 0.15) is 37.9 Å². The number of aliphatic hydroxyl groups is 1. The van der Waals surface area contributed by atoms with E-state index in [0.29, 0.717) is 0 Å². The maximum atomic E-state index is 12.3. The molecule has 1 N–H and O–H groups in total. The number of likely N-dealkylation sites (tertiary alicyclic amines) is 1. The molecule has 1 amide bonds. The van der Waals surface area contributed by atoms with Gasteiger partial charge in [0.05, 0.1) is 12.0 Å². The molecular formula is C15H21NO2. The molecule has 98 valence electrons. The van der Waals surface area contributed by atoms with Crippen molar-refractivity contribution in [1.29, 1.82) is 0 Å². The van der Waals surface area contributed by atoms with Crippen LogP contribution >= 0.6 is 0 Å². The number of benzene rings is 1. The van der Waals surface area contributed by atoms with Crippen molar-refractivity contribution in [1.82, 2.24) is 4.90 Å². The summed E-state index contributed by atoms with van der Waals surface area (Å²) in [5.41, 5.74) is 0.815. The summed E-state index contributed by atoms with van der Waals surface area (Å²) in [5.74, 6) is -0.295. The molecule has 0 unspecified atom stereocenters. The highest BCUT2D eigenvalue weighted by atomic mass is 16.3. The quantitative estimate of drug-likeness (QED) is 0.890. The van der Waals surface area contributed by atoms with E-state index in [2.05, 4.69) is 0 Å². The number of aliphatic hydroxyl groups excluding tert-OH is 1. The number of piperidine rings is 1. The maximum absolute atomic E-state index is 12.3. The largest absolute Gasteiger partial charge is 0.388 e. The summed E-state index contributed by atoms with van der Waals surface area (Å²) < 4.78 is 0. The average Bonchev–Trinajstić information content (AvgIpc) is 2.47. The lowest BCUT2D eigenvalue weighted by Gasteiger charge is -2.30. The smallest absolute Gasteiger partial charge is 0.228 e. The molecule has 1 heterocycles. The molecule has 0 saturated carbocycles. The Hall–Kier alpha value is -1.35. The van der Waals surface area contributed by atoms with Crippen LogP contribution in [0.3, 0.4) is 0 Å².